The van der Waals surface area contributed by atoms with E-state index in [4.69, 9.17) is 0 Å². The Kier molecular flexibility index (Phi) is 0.897. The summed E-state index contributed by atoms with van der Waals surface area (Å²) in [5.41, 5.74) is 0.365. The van der Waals surface area contributed by atoms with Crippen molar-refractivity contribution < 1.29 is 4.79 Å². The van der Waals surface area contributed by atoms with E-state index in [-0.39, 0.29) is 5.41 Å². The van der Waals surface area contributed by atoms with E-state index in [1.165, 1.54) is 12.8 Å². The van der Waals surface area contributed by atoms with E-state index in [1.807, 2.05) is 0 Å². The summed E-state index contributed by atoms with van der Waals surface area (Å²) in [7, 11) is 0. The van der Waals surface area contributed by atoms with Gasteiger partial charge in [-0.1, -0.05) is 20.8 Å². The minimum atomic E-state index is 0.0700. The Balaban J connectivity index is 2.17. The van der Waals surface area contributed by atoms with Crippen molar-refractivity contribution >= 4 is 5.78 Å². The largest absolute Gasteiger partial charge is 0.299 e. The van der Waals surface area contributed by atoms with Crippen molar-refractivity contribution in [1.82, 2.24) is 0 Å². The summed E-state index contributed by atoms with van der Waals surface area (Å²) in [6.45, 7) is 6.80. The maximum atomic E-state index is 11.8. The summed E-state index contributed by atoms with van der Waals surface area (Å²) in [5, 5.41) is 0. The van der Waals surface area contributed by atoms with Gasteiger partial charge in [0.05, 0.1) is 0 Å². The molecule has 0 radical (unpaired) electrons. The normalized spacial score (nSPS) is 58.9. The molecule has 0 amide bonds. The van der Waals surface area contributed by atoms with E-state index >= 15 is 0 Å². The highest BCUT2D eigenvalue weighted by atomic mass is 16.1. The molecule has 3 rings (SSSR count). The molecule has 0 N–H and O–H groups in total. The Bertz CT molecular complexity index is 279. The minimum absolute atomic E-state index is 0.0700. The highest BCUT2D eigenvalue weighted by Crippen LogP contribution is 2.75. The van der Waals surface area contributed by atoms with E-state index in [2.05, 4.69) is 20.8 Å². The number of carbonyl (C=O) groups excluding carboxylic acids is 1. The fraction of sp³-hybridized carbons (Fsp3) is 0.909. The van der Waals surface area contributed by atoms with Crippen molar-refractivity contribution in [3.63, 3.8) is 0 Å². The second-order valence-corrected chi connectivity index (χ2v) is 5.67. The lowest BCUT2D eigenvalue weighted by Gasteiger charge is -2.58. The van der Waals surface area contributed by atoms with Crippen LogP contribution in [0, 0.1) is 28.6 Å². The second kappa shape index (κ2) is 1.51. The van der Waals surface area contributed by atoms with Gasteiger partial charge < -0.3 is 0 Å². The van der Waals surface area contributed by atoms with Gasteiger partial charge >= 0.3 is 0 Å². The predicted octanol–water partition coefficient (Wildman–Crippen LogP) is 2.26. The van der Waals surface area contributed by atoms with Gasteiger partial charge in [0, 0.05) is 11.3 Å². The molecule has 0 heterocycles. The summed E-state index contributed by atoms with van der Waals surface area (Å²) in [5.74, 6) is 2.65. The van der Waals surface area contributed by atoms with Crippen molar-refractivity contribution in [3.05, 3.63) is 0 Å². The van der Waals surface area contributed by atoms with E-state index in [9.17, 15) is 4.79 Å². The van der Waals surface area contributed by atoms with Crippen LogP contribution in [-0.4, -0.2) is 5.78 Å². The number of Topliss-reactive ketones (excluding diaryl/α,β-unsaturated/α-hetero) is 1. The van der Waals surface area contributed by atoms with Crippen LogP contribution in [0.4, 0.5) is 0 Å². The smallest absolute Gasteiger partial charge is 0.142 e. The predicted molar refractivity (Wildman–Crippen MR) is 46.6 cm³/mol. The SMILES string of the molecule is CC1(C)C2CC3C(=O)C1(C)C3C2. The van der Waals surface area contributed by atoms with Crippen LogP contribution in [0.1, 0.15) is 33.6 Å². The molecule has 3 saturated carbocycles. The van der Waals surface area contributed by atoms with Gasteiger partial charge in [0.15, 0.2) is 0 Å². The number of rotatable bonds is 0. The van der Waals surface area contributed by atoms with Crippen LogP contribution in [0.2, 0.25) is 0 Å². The van der Waals surface area contributed by atoms with Gasteiger partial charge in [0.2, 0.25) is 0 Å². The first-order chi connectivity index (χ1) is 5.49. The zero-order chi connectivity index (χ0) is 8.72. The van der Waals surface area contributed by atoms with Crippen LogP contribution >= 0.6 is 0 Å². The summed E-state index contributed by atoms with van der Waals surface area (Å²) in [6.07, 6.45) is 2.53. The summed E-state index contributed by atoms with van der Waals surface area (Å²) in [6, 6.07) is 0. The Hall–Kier alpha value is -0.330. The van der Waals surface area contributed by atoms with Gasteiger partial charge in [-0.15, -0.1) is 0 Å². The van der Waals surface area contributed by atoms with Gasteiger partial charge in [0.1, 0.15) is 5.78 Å². The zero-order valence-corrected chi connectivity index (χ0v) is 8.05. The molecule has 4 unspecified atom stereocenters. The first kappa shape index (κ1) is 7.11. The van der Waals surface area contributed by atoms with E-state index in [0.29, 0.717) is 17.1 Å². The molecule has 66 valence electrons. The van der Waals surface area contributed by atoms with Gasteiger partial charge in [-0.2, -0.15) is 0 Å². The Labute approximate surface area is 73.5 Å². The van der Waals surface area contributed by atoms with Gasteiger partial charge in [0.25, 0.3) is 0 Å². The number of hydrogen-bond donors (Lipinski definition) is 0. The van der Waals surface area contributed by atoms with Crippen molar-refractivity contribution in [3.8, 4) is 0 Å². The maximum Gasteiger partial charge on any atom is 0.142 e. The summed E-state index contributed by atoms with van der Waals surface area (Å²) < 4.78 is 0. The van der Waals surface area contributed by atoms with Crippen LogP contribution in [0.5, 0.6) is 0 Å². The number of hydrogen-bond acceptors (Lipinski definition) is 1. The van der Waals surface area contributed by atoms with Crippen molar-refractivity contribution in [2.75, 3.05) is 0 Å². The average Bonchev–Trinajstić information content (AvgIpc) is 2.47. The van der Waals surface area contributed by atoms with E-state index in [0.717, 1.165) is 11.8 Å². The Morgan fingerprint density at radius 1 is 1.25 bits per heavy atom. The monoisotopic (exact) mass is 164 g/mol. The average molecular weight is 164 g/mol. The van der Waals surface area contributed by atoms with Gasteiger partial charge in [-0.25, -0.2) is 0 Å². The fourth-order valence-electron chi connectivity index (χ4n) is 4.25. The standard InChI is InChI=1S/C11H16O/c1-10(2)6-4-7-8(5-6)11(10,3)9(7)12/h6-8H,4-5H2,1-3H3. The third-order valence-corrected chi connectivity index (χ3v) is 5.51. The quantitative estimate of drug-likeness (QED) is 0.536. The lowest BCUT2D eigenvalue weighted by atomic mass is 9.43. The van der Waals surface area contributed by atoms with Crippen LogP contribution < -0.4 is 0 Å². The number of fused-ring (bicyclic) bond motifs is 1. The van der Waals surface area contributed by atoms with Crippen molar-refractivity contribution in [2.24, 2.45) is 28.6 Å². The van der Waals surface area contributed by atoms with Gasteiger partial charge in [-0.3, -0.25) is 4.79 Å². The van der Waals surface area contributed by atoms with Crippen LogP contribution in [0.3, 0.4) is 0 Å². The summed E-state index contributed by atoms with van der Waals surface area (Å²) >= 11 is 0. The molecule has 3 aliphatic carbocycles. The molecule has 3 fully saturated rings. The molecule has 3 aliphatic rings. The fourth-order valence-corrected chi connectivity index (χ4v) is 4.25. The van der Waals surface area contributed by atoms with Crippen LogP contribution in [0.25, 0.3) is 0 Å². The molecule has 2 bridgehead atoms. The van der Waals surface area contributed by atoms with E-state index < -0.39 is 0 Å². The highest BCUT2D eigenvalue weighted by molar-refractivity contribution is 5.96. The molecule has 0 aromatic rings. The lowest BCUT2D eigenvalue weighted by molar-refractivity contribution is -0.171. The molecule has 0 spiro atoms. The lowest BCUT2D eigenvalue weighted by Crippen LogP contribution is -2.62. The van der Waals surface area contributed by atoms with Crippen LogP contribution in [0.15, 0.2) is 0 Å². The maximum absolute atomic E-state index is 11.8. The molecule has 0 saturated heterocycles. The summed E-state index contributed by atoms with van der Waals surface area (Å²) in [4.78, 5) is 11.8. The Morgan fingerprint density at radius 3 is 2.33 bits per heavy atom. The van der Waals surface area contributed by atoms with E-state index in [1.54, 1.807) is 0 Å². The molecule has 0 aromatic carbocycles. The third-order valence-electron chi connectivity index (χ3n) is 5.51. The number of ketones is 1. The van der Waals surface area contributed by atoms with Crippen molar-refractivity contribution in [2.45, 2.75) is 33.6 Å². The molecular formula is C11H16O. The Morgan fingerprint density at radius 2 is 1.92 bits per heavy atom. The van der Waals surface area contributed by atoms with Crippen molar-refractivity contribution in [1.29, 1.82) is 0 Å². The highest BCUT2D eigenvalue weighted by Gasteiger charge is 2.75. The second-order valence-electron chi connectivity index (χ2n) is 5.67. The number of carbonyl (C=O) groups is 1. The molecule has 0 aliphatic heterocycles. The first-order valence-electron chi connectivity index (χ1n) is 5.04. The molecule has 1 heteroatoms. The molecule has 1 nitrogen and oxygen atoms in total. The van der Waals surface area contributed by atoms with Crippen LogP contribution in [-0.2, 0) is 4.79 Å². The minimum Gasteiger partial charge on any atom is -0.299 e. The topological polar surface area (TPSA) is 17.1 Å². The first-order valence-corrected chi connectivity index (χ1v) is 5.04. The molecule has 4 atom stereocenters. The zero-order valence-electron chi connectivity index (χ0n) is 8.05. The van der Waals surface area contributed by atoms with Gasteiger partial charge in [-0.05, 0) is 30.1 Å². The molecule has 0 aromatic heterocycles. The molecular weight excluding hydrogens is 148 g/mol. The third kappa shape index (κ3) is 0.399. The molecule has 12 heavy (non-hydrogen) atoms.